The van der Waals surface area contributed by atoms with E-state index < -0.39 is 12.0 Å². The molecule has 1 aromatic carbocycles. The third-order valence-corrected chi connectivity index (χ3v) is 4.33. The molecule has 0 bridgehead atoms. The highest BCUT2D eigenvalue weighted by molar-refractivity contribution is 7.99. The Morgan fingerprint density at radius 3 is 2.75 bits per heavy atom. The maximum absolute atomic E-state index is 12.3. The smallest absolute Gasteiger partial charge is 0.327 e. The van der Waals surface area contributed by atoms with Gasteiger partial charge in [-0.1, -0.05) is 30.3 Å². The van der Waals surface area contributed by atoms with Gasteiger partial charge < -0.3 is 14.9 Å². The average molecular weight is 294 g/mol. The highest BCUT2D eigenvalue weighted by Crippen LogP contribution is 2.22. The number of benzene rings is 1. The van der Waals surface area contributed by atoms with Crippen molar-refractivity contribution in [1.82, 2.24) is 9.80 Å². The lowest BCUT2D eigenvalue weighted by atomic mass is 10.1. The second-order valence-electron chi connectivity index (χ2n) is 4.76. The quantitative estimate of drug-likeness (QED) is 0.919. The predicted molar refractivity (Wildman–Crippen MR) is 78.8 cm³/mol. The molecule has 1 aliphatic rings. The zero-order chi connectivity index (χ0) is 14.5. The van der Waals surface area contributed by atoms with E-state index in [1.165, 1.54) is 16.7 Å². The fourth-order valence-electron chi connectivity index (χ4n) is 2.09. The van der Waals surface area contributed by atoms with Crippen LogP contribution in [0.3, 0.4) is 0 Å². The molecule has 1 heterocycles. The van der Waals surface area contributed by atoms with Crippen LogP contribution >= 0.6 is 11.8 Å². The van der Waals surface area contributed by atoms with Crippen molar-refractivity contribution in [2.75, 3.05) is 25.2 Å². The molecule has 2 rings (SSSR count). The first-order chi connectivity index (χ1) is 9.59. The van der Waals surface area contributed by atoms with Crippen molar-refractivity contribution in [1.29, 1.82) is 0 Å². The lowest BCUT2D eigenvalue weighted by molar-refractivity contribution is -0.140. The summed E-state index contributed by atoms with van der Waals surface area (Å²) < 4.78 is 0. The number of carboxylic acids is 1. The number of likely N-dealkylation sites (N-methyl/N-ethyl adjacent to an activating group) is 1. The number of aliphatic carboxylic acids is 1. The number of hydrogen-bond acceptors (Lipinski definition) is 3. The second kappa shape index (κ2) is 6.65. The van der Waals surface area contributed by atoms with Gasteiger partial charge in [-0.05, 0) is 12.0 Å². The molecule has 6 heteroatoms. The normalized spacial score (nSPS) is 18.1. The van der Waals surface area contributed by atoms with E-state index in [0.29, 0.717) is 18.2 Å². The predicted octanol–water partition coefficient (Wildman–Crippen LogP) is 1.74. The van der Waals surface area contributed by atoms with Gasteiger partial charge in [0.15, 0.2) is 0 Å². The molecule has 0 unspecified atom stereocenters. The summed E-state index contributed by atoms with van der Waals surface area (Å²) in [6, 6.07) is 9.01. The van der Waals surface area contributed by atoms with Crippen LogP contribution < -0.4 is 0 Å². The van der Waals surface area contributed by atoms with Crippen molar-refractivity contribution < 1.29 is 14.7 Å². The maximum atomic E-state index is 12.3. The van der Waals surface area contributed by atoms with Gasteiger partial charge in [-0.25, -0.2) is 9.59 Å². The summed E-state index contributed by atoms with van der Waals surface area (Å²) in [5.41, 5.74) is 1.16. The number of nitrogens with zero attached hydrogens (tertiary/aromatic N) is 2. The van der Waals surface area contributed by atoms with Gasteiger partial charge in [0, 0.05) is 19.3 Å². The Morgan fingerprint density at radius 2 is 2.10 bits per heavy atom. The van der Waals surface area contributed by atoms with E-state index in [4.69, 9.17) is 5.11 Å². The molecule has 1 aliphatic heterocycles. The molecular weight excluding hydrogens is 276 g/mol. The third kappa shape index (κ3) is 3.45. The van der Waals surface area contributed by atoms with Crippen molar-refractivity contribution >= 4 is 23.8 Å². The van der Waals surface area contributed by atoms with Crippen LogP contribution in [-0.4, -0.2) is 58.2 Å². The van der Waals surface area contributed by atoms with Crippen molar-refractivity contribution in [3.63, 3.8) is 0 Å². The van der Waals surface area contributed by atoms with Gasteiger partial charge in [-0.2, -0.15) is 0 Å². The molecule has 0 radical (unpaired) electrons. The van der Waals surface area contributed by atoms with Gasteiger partial charge >= 0.3 is 12.0 Å². The maximum Gasteiger partial charge on any atom is 0.327 e. The fraction of sp³-hybridized carbons (Fsp3) is 0.429. The van der Waals surface area contributed by atoms with Crippen LogP contribution in [0.5, 0.6) is 0 Å². The van der Waals surface area contributed by atoms with E-state index in [0.717, 1.165) is 12.0 Å². The summed E-state index contributed by atoms with van der Waals surface area (Å²) in [5.74, 6) is -0.0150. The molecule has 1 saturated heterocycles. The monoisotopic (exact) mass is 294 g/mol. The minimum Gasteiger partial charge on any atom is -0.480 e. The Bertz CT molecular complexity index is 481. The van der Waals surface area contributed by atoms with E-state index in [-0.39, 0.29) is 6.03 Å². The molecule has 0 aromatic heterocycles. The number of urea groups is 1. The van der Waals surface area contributed by atoms with E-state index in [9.17, 15) is 9.59 Å². The first-order valence-electron chi connectivity index (χ1n) is 6.46. The largest absolute Gasteiger partial charge is 0.480 e. The van der Waals surface area contributed by atoms with Crippen molar-refractivity contribution in [2.45, 2.75) is 12.5 Å². The topological polar surface area (TPSA) is 60.9 Å². The number of carbonyl (C=O) groups is 2. The number of thioether (sulfide) groups is 1. The summed E-state index contributed by atoms with van der Waals surface area (Å²) in [4.78, 5) is 26.4. The minimum atomic E-state index is -0.931. The lowest BCUT2D eigenvalue weighted by Gasteiger charge is -2.27. The summed E-state index contributed by atoms with van der Waals surface area (Å²) in [7, 11) is 1.72. The van der Waals surface area contributed by atoms with Gasteiger partial charge in [0.25, 0.3) is 0 Å². The van der Waals surface area contributed by atoms with Crippen molar-refractivity contribution in [3.8, 4) is 0 Å². The molecule has 1 atom stereocenters. The molecule has 2 amide bonds. The van der Waals surface area contributed by atoms with Crippen LogP contribution in [0, 0.1) is 0 Å². The van der Waals surface area contributed by atoms with Crippen molar-refractivity contribution in [2.24, 2.45) is 0 Å². The molecule has 1 N–H and O–H groups in total. The number of carboxylic acid groups (broad SMARTS) is 1. The Labute approximate surface area is 122 Å². The van der Waals surface area contributed by atoms with E-state index in [1.807, 2.05) is 30.3 Å². The Kier molecular flexibility index (Phi) is 4.89. The van der Waals surface area contributed by atoms with E-state index >= 15 is 0 Å². The first-order valence-corrected chi connectivity index (χ1v) is 7.61. The number of hydrogen-bond donors (Lipinski definition) is 1. The lowest BCUT2D eigenvalue weighted by Crippen LogP contribution is -2.47. The summed E-state index contributed by atoms with van der Waals surface area (Å²) in [6.07, 6.45) is 0.766. The number of amides is 2. The van der Waals surface area contributed by atoms with Crippen molar-refractivity contribution in [3.05, 3.63) is 35.9 Å². The van der Waals surface area contributed by atoms with Gasteiger partial charge in [0.1, 0.15) is 6.04 Å². The summed E-state index contributed by atoms with van der Waals surface area (Å²) in [6.45, 7) is 0.580. The highest BCUT2D eigenvalue weighted by atomic mass is 32.2. The van der Waals surface area contributed by atoms with Crippen LogP contribution in [0.4, 0.5) is 4.79 Å². The molecule has 1 aromatic rings. The Balaban J connectivity index is 1.90. The summed E-state index contributed by atoms with van der Waals surface area (Å²) in [5, 5.41) is 9.10. The Hall–Kier alpha value is -1.69. The van der Waals surface area contributed by atoms with E-state index in [2.05, 4.69) is 0 Å². The van der Waals surface area contributed by atoms with E-state index in [1.54, 1.807) is 11.9 Å². The van der Waals surface area contributed by atoms with Crippen LogP contribution in [0.25, 0.3) is 0 Å². The molecule has 1 fully saturated rings. The molecule has 0 saturated carbocycles. The standard InChI is InChI=1S/C14H18N2O3S/c1-15(8-7-11-5-3-2-4-6-11)14(19)16-10-20-9-12(16)13(17)18/h2-6,12H,7-10H2,1H3,(H,17,18)/t12-/m0/s1. The first kappa shape index (κ1) is 14.7. The molecule has 0 spiro atoms. The molecular formula is C14H18N2O3S. The van der Waals surface area contributed by atoms with Crippen LogP contribution in [0.1, 0.15) is 5.56 Å². The van der Waals surface area contributed by atoms with Crippen LogP contribution in [0.2, 0.25) is 0 Å². The van der Waals surface area contributed by atoms with Gasteiger partial charge in [0.2, 0.25) is 0 Å². The van der Waals surface area contributed by atoms with Gasteiger partial charge in [0.05, 0.1) is 5.88 Å². The molecule has 5 nitrogen and oxygen atoms in total. The number of rotatable bonds is 4. The zero-order valence-electron chi connectivity index (χ0n) is 11.4. The molecule has 20 heavy (non-hydrogen) atoms. The second-order valence-corrected chi connectivity index (χ2v) is 5.76. The fourth-order valence-corrected chi connectivity index (χ4v) is 3.23. The van der Waals surface area contributed by atoms with Gasteiger partial charge in [-0.3, -0.25) is 0 Å². The van der Waals surface area contributed by atoms with Crippen LogP contribution in [-0.2, 0) is 11.2 Å². The SMILES string of the molecule is CN(CCc1ccccc1)C(=O)N1CSC[C@H]1C(=O)O. The molecule has 0 aliphatic carbocycles. The van der Waals surface area contributed by atoms with Gasteiger partial charge in [-0.15, -0.1) is 11.8 Å². The zero-order valence-corrected chi connectivity index (χ0v) is 12.2. The number of carbonyl (C=O) groups excluding carboxylic acids is 1. The average Bonchev–Trinajstić information content (AvgIpc) is 2.94. The highest BCUT2D eigenvalue weighted by Gasteiger charge is 2.35. The minimum absolute atomic E-state index is 0.210. The summed E-state index contributed by atoms with van der Waals surface area (Å²) >= 11 is 1.48. The van der Waals surface area contributed by atoms with Crippen LogP contribution in [0.15, 0.2) is 30.3 Å². The third-order valence-electron chi connectivity index (χ3n) is 3.32. The Morgan fingerprint density at radius 1 is 1.40 bits per heavy atom. The molecule has 108 valence electrons.